The van der Waals surface area contributed by atoms with Crippen molar-refractivity contribution in [2.24, 2.45) is 5.10 Å². The lowest BCUT2D eigenvalue weighted by Gasteiger charge is -2.22. The highest BCUT2D eigenvalue weighted by Gasteiger charge is 2.33. The first-order valence-electron chi connectivity index (χ1n) is 10.00. The number of H-pyrrole nitrogens is 1. The Balaban J connectivity index is 1.54. The zero-order chi connectivity index (χ0) is 22.5. The number of pyridine rings is 1. The number of benzene rings is 2. The normalized spacial score (nSPS) is 15.2. The molecule has 0 radical (unpaired) electrons. The fourth-order valence-corrected chi connectivity index (χ4v) is 3.45. The Morgan fingerprint density at radius 1 is 1.06 bits per heavy atom. The number of hydrogen-bond donors (Lipinski definition) is 1. The van der Waals surface area contributed by atoms with Crippen LogP contribution < -0.4 is 10.3 Å². The molecule has 8 heteroatoms. The molecule has 4 rings (SSSR count). The van der Waals surface area contributed by atoms with E-state index in [1.54, 1.807) is 7.11 Å². The third-order valence-corrected chi connectivity index (χ3v) is 5.12. The van der Waals surface area contributed by atoms with E-state index in [4.69, 9.17) is 9.47 Å². The molecule has 1 aliphatic heterocycles. The van der Waals surface area contributed by atoms with Crippen molar-refractivity contribution in [1.82, 2.24) is 9.99 Å². The molecule has 0 bridgehead atoms. The highest BCUT2D eigenvalue weighted by atomic mass is 16.5. The summed E-state index contributed by atoms with van der Waals surface area (Å²) in [5.74, 6) is -0.444. The second-order valence-electron chi connectivity index (χ2n) is 7.16. The van der Waals surface area contributed by atoms with Crippen LogP contribution in [0.15, 0.2) is 82.8 Å². The Morgan fingerprint density at radius 2 is 1.81 bits per heavy atom. The number of ether oxygens (including phenoxy) is 2. The van der Waals surface area contributed by atoms with Gasteiger partial charge < -0.3 is 14.5 Å². The van der Waals surface area contributed by atoms with Gasteiger partial charge in [-0.15, -0.1) is 0 Å². The average Bonchev–Trinajstić information content (AvgIpc) is 3.29. The van der Waals surface area contributed by atoms with Crippen LogP contribution in [0.1, 0.15) is 33.9 Å². The number of hydrazone groups is 1. The maximum atomic E-state index is 13.0. The van der Waals surface area contributed by atoms with Crippen LogP contribution in [0.5, 0.6) is 5.75 Å². The molecular weight excluding hydrogens is 410 g/mol. The molecule has 8 nitrogen and oxygen atoms in total. The molecule has 1 atom stereocenters. The first-order valence-corrected chi connectivity index (χ1v) is 10.00. The molecule has 0 saturated carbocycles. The molecule has 0 fully saturated rings. The first-order chi connectivity index (χ1) is 15.5. The fourth-order valence-electron chi connectivity index (χ4n) is 3.45. The minimum Gasteiger partial charge on any atom is -0.497 e. The number of aromatic nitrogens is 1. The molecule has 2 aromatic carbocycles. The summed E-state index contributed by atoms with van der Waals surface area (Å²) in [5.41, 5.74) is 2.40. The van der Waals surface area contributed by atoms with Crippen LogP contribution in [-0.4, -0.2) is 41.3 Å². The number of amides is 1. The largest absolute Gasteiger partial charge is 0.497 e. The number of nitrogens with one attached hydrogen (secondary N) is 1. The standard InChI is InChI=1S/C24H21N3O5/c1-31-19-10-7-17(8-11-19)21-13-20(16-5-3-2-4-6-16)26-27(21)23(29)15-32-24(30)18-9-12-22(28)25-14-18/h2-12,14,21H,13,15H2,1H3,(H,25,28). The highest BCUT2D eigenvalue weighted by molar-refractivity contribution is 6.03. The molecule has 162 valence electrons. The van der Waals surface area contributed by atoms with Crippen LogP contribution in [-0.2, 0) is 9.53 Å². The molecule has 32 heavy (non-hydrogen) atoms. The number of methoxy groups -OCH3 is 1. The molecule has 0 saturated heterocycles. The monoisotopic (exact) mass is 431 g/mol. The smallest absolute Gasteiger partial charge is 0.340 e. The minimum absolute atomic E-state index is 0.152. The molecular formula is C24H21N3O5. The number of rotatable bonds is 6. The van der Waals surface area contributed by atoms with Crippen molar-refractivity contribution in [1.29, 1.82) is 0 Å². The van der Waals surface area contributed by atoms with Crippen molar-refractivity contribution in [2.75, 3.05) is 13.7 Å². The number of aromatic amines is 1. The lowest BCUT2D eigenvalue weighted by Crippen LogP contribution is -2.31. The Labute approximate surface area is 184 Å². The molecule has 1 unspecified atom stereocenters. The summed E-state index contributed by atoms with van der Waals surface area (Å²) in [5, 5.41) is 5.92. The van der Waals surface area contributed by atoms with E-state index >= 15 is 0 Å². The molecule has 0 aliphatic carbocycles. The van der Waals surface area contributed by atoms with E-state index < -0.39 is 18.5 Å². The third-order valence-electron chi connectivity index (χ3n) is 5.12. The number of carbonyl (C=O) groups excluding carboxylic acids is 2. The summed E-state index contributed by atoms with van der Waals surface area (Å²) in [7, 11) is 1.59. The first kappa shape index (κ1) is 21.0. The summed E-state index contributed by atoms with van der Waals surface area (Å²) >= 11 is 0. The van der Waals surface area contributed by atoms with Crippen molar-refractivity contribution in [3.63, 3.8) is 0 Å². The van der Waals surface area contributed by atoms with E-state index in [0.29, 0.717) is 12.2 Å². The Morgan fingerprint density at radius 3 is 2.47 bits per heavy atom. The summed E-state index contributed by atoms with van der Waals surface area (Å²) in [6, 6.07) is 19.3. The average molecular weight is 431 g/mol. The van der Waals surface area contributed by atoms with E-state index in [-0.39, 0.29) is 17.2 Å². The van der Waals surface area contributed by atoms with Crippen LogP contribution >= 0.6 is 0 Å². The quantitative estimate of drug-likeness (QED) is 0.605. The maximum absolute atomic E-state index is 13.0. The van der Waals surface area contributed by atoms with Crippen molar-refractivity contribution in [2.45, 2.75) is 12.5 Å². The SMILES string of the molecule is COc1ccc(C2CC(c3ccccc3)=NN2C(=O)COC(=O)c2ccc(=O)[nH]c2)cc1. The second-order valence-corrected chi connectivity index (χ2v) is 7.16. The second kappa shape index (κ2) is 9.30. The van der Waals surface area contributed by atoms with Crippen LogP contribution in [0.2, 0.25) is 0 Å². The van der Waals surface area contributed by atoms with Gasteiger partial charge in [-0.3, -0.25) is 9.59 Å². The lowest BCUT2D eigenvalue weighted by molar-refractivity contribution is -0.136. The summed E-state index contributed by atoms with van der Waals surface area (Å²) in [4.78, 5) is 38.8. The van der Waals surface area contributed by atoms with Gasteiger partial charge in [-0.05, 0) is 29.3 Å². The molecule has 1 aromatic heterocycles. The minimum atomic E-state index is -0.706. The van der Waals surface area contributed by atoms with Gasteiger partial charge in [-0.25, -0.2) is 9.80 Å². The molecule has 0 spiro atoms. The van der Waals surface area contributed by atoms with Crippen molar-refractivity contribution >= 4 is 17.6 Å². The Bertz CT molecular complexity index is 1180. The number of esters is 1. The van der Waals surface area contributed by atoms with E-state index in [0.717, 1.165) is 16.8 Å². The summed E-state index contributed by atoms with van der Waals surface area (Å²) < 4.78 is 10.4. The van der Waals surface area contributed by atoms with Gasteiger partial charge in [-0.2, -0.15) is 5.10 Å². The van der Waals surface area contributed by atoms with Gasteiger partial charge in [-0.1, -0.05) is 42.5 Å². The fraction of sp³-hybridized carbons (Fsp3) is 0.167. The topological polar surface area (TPSA) is 101 Å². The van der Waals surface area contributed by atoms with Crippen molar-refractivity contribution in [3.05, 3.63) is 100.0 Å². The predicted molar refractivity (Wildman–Crippen MR) is 118 cm³/mol. The zero-order valence-corrected chi connectivity index (χ0v) is 17.4. The summed E-state index contributed by atoms with van der Waals surface area (Å²) in [6.45, 7) is -0.476. The van der Waals surface area contributed by atoms with Crippen LogP contribution in [0.3, 0.4) is 0 Å². The van der Waals surface area contributed by atoms with Crippen LogP contribution in [0.4, 0.5) is 0 Å². The predicted octanol–water partition coefficient (Wildman–Crippen LogP) is 2.92. The van der Waals surface area contributed by atoms with Gasteiger partial charge in [0.1, 0.15) is 5.75 Å². The van der Waals surface area contributed by atoms with Gasteiger partial charge >= 0.3 is 5.97 Å². The molecule has 1 N–H and O–H groups in total. The van der Waals surface area contributed by atoms with E-state index in [1.807, 2.05) is 54.6 Å². The van der Waals surface area contributed by atoms with Gasteiger partial charge in [0.15, 0.2) is 6.61 Å². The number of nitrogens with zero attached hydrogens (tertiary/aromatic N) is 2. The molecule has 3 aromatic rings. The third kappa shape index (κ3) is 4.59. The van der Waals surface area contributed by atoms with Crippen molar-refractivity contribution in [3.8, 4) is 5.75 Å². The Hall–Kier alpha value is -4.20. The van der Waals surface area contributed by atoms with Gasteiger partial charge in [0.2, 0.25) is 5.56 Å². The highest BCUT2D eigenvalue weighted by Crippen LogP contribution is 2.33. The maximum Gasteiger partial charge on any atom is 0.340 e. The van der Waals surface area contributed by atoms with E-state index in [9.17, 15) is 14.4 Å². The molecule has 2 heterocycles. The zero-order valence-electron chi connectivity index (χ0n) is 17.4. The Kier molecular flexibility index (Phi) is 6.12. The van der Waals surface area contributed by atoms with Crippen molar-refractivity contribution < 1.29 is 19.1 Å². The van der Waals surface area contributed by atoms with E-state index in [1.165, 1.54) is 23.3 Å². The molecule has 1 aliphatic rings. The number of carbonyl (C=O) groups is 2. The van der Waals surface area contributed by atoms with Gasteiger partial charge in [0.25, 0.3) is 5.91 Å². The van der Waals surface area contributed by atoms with Crippen LogP contribution in [0.25, 0.3) is 0 Å². The molecule has 1 amide bonds. The van der Waals surface area contributed by atoms with Gasteiger partial charge in [0.05, 0.1) is 24.4 Å². The van der Waals surface area contributed by atoms with Gasteiger partial charge in [0, 0.05) is 18.7 Å². The number of hydrogen-bond acceptors (Lipinski definition) is 6. The van der Waals surface area contributed by atoms with Crippen LogP contribution in [0, 0.1) is 0 Å². The summed E-state index contributed by atoms with van der Waals surface area (Å²) in [6.07, 6.45) is 1.77. The lowest BCUT2D eigenvalue weighted by atomic mass is 9.98. The van der Waals surface area contributed by atoms with E-state index in [2.05, 4.69) is 10.1 Å².